The molecule has 0 unspecified atom stereocenters. The molecule has 3 N–H and O–H groups in total. The monoisotopic (exact) mass is 248 g/mol. The smallest absolute Gasteiger partial charge is 0.128 e. The summed E-state index contributed by atoms with van der Waals surface area (Å²) in [4.78, 5) is 0. The van der Waals surface area contributed by atoms with Gasteiger partial charge in [0.05, 0.1) is 6.04 Å². The quantitative estimate of drug-likeness (QED) is 0.824. The number of rotatable bonds is 5. The van der Waals surface area contributed by atoms with Crippen LogP contribution in [0.4, 0.5) is 0 Å². The Morgan fingerprint density at radius 3 is 2.33 bits per heavy atom. The van der Waals surface area contributed by atoms with Gasteiger partial charge in [-0.15, -0.1) is 0 Å². The van der Waals surface area contributed by atoms with E-state index in [0.717, 1.165) is 18.0 Å². The van der Waals surface area contributed by atoms with E-state index in [1.807, 2.05) is 0 Å². The lowest BCUT2D eigenvalue weighted by Crippen LogP contribution is -2.89. The minimum Gasteiger partial charge on any atom is -0.382 e. The maximum Gasteiger partial charge on any atom is 0.128 e. The molecule has 2 rings (SSSR count). The van der Waals surface area contributed by atoms with Crippen LogP contribution in [0.5, 0.6) is 0 Å². The van der Waals surface area contributed by atoms with E-state index in [1.54, 1.807) is 0 Å². The molecule has 0 heterocycles. The van der Waals surface area contributed by atoms with Gasteiger partial charge in [-0.2, -0.15) is 0 Å². The van der Waals surface area contributed by atoms with Gasteiger partial charge < -0.3 is 10.4 Å². The van der Waals surface area contributed by atoms with E-state index in [-0.39, 0.29) is 6.10 Å². The average Bonchev–Trinajstić information content (AvgIpc) is 2.90. The molecule has 1 aliphatic carbocycles. The Labute approximate surface area is 110 Å². The molecule has 2 nitrogen and oxygen atoms in total. The average molecular weight is 248 g/mol. The lowest BCUT2D eigenvalue weighted by molar-refractivity contribution is -0.689. The normalized spacial score (nSPS) is 18.4. The van der Waals surface area contributed by atoms with Gasteiger partial charge in [0, 0.05) is 0 Å². The number of aliphatic hydroxyl groups is 1. The number of hydrogen-bond acceptors (Lipinski definition) is 1. The van der Waals surface area contributed by atoms with Crippen LogP contribution < -0.4 is 5.32 Å². The molecule has 100 valence electrons. The van der Waals surface area contributed by atoms with E-state index in [9.17, 15) is 5.11 Å². The molecule has 0 aliphatic heterocycles. The van der Waals surface area contributed by atoms with Crippen molar-refractivity contribution in [3.63, 3.8) is 0 Å². The third kappa shape index (κ3) is 3.56. The number of quaternary nitrogens is 1. The van der Waals surface area contributed by atoms with Crippen molar-refractivity contribution in [3.8, 4) is 0 Å². The summed E-state index contributed by atoms with van der Waals surface area (Å²) in [6.07, 6.45) is 5.08. The second-order valence-corrected chi connectivity index (χ2v) is 5.88. The van der Waals surface area contributed by atoms with Crippen molar-refractivity contribution in [2.45, 2.75) is 57.6 Å². The summed E-state index contributed by atoms with van der Waals surface area (Å²) in [6, 6.07) is 9.17. The highest BCUT2D eigenvalue weighted by Crippen LogP contribution is 2.34. The molecule has 0 amide bonds. The number of hydrogen-bond donors (Lipinski definition) is 2. The summed E-state index contributed by atoms with van der Waals surface area (Å²) in [6.45, 7) is 5.05. The van der Waals surface area contributed by atoms with Crippen LogP contribution in [0, 0.1) is 0 Å². The second kappa shape index (κ2) is 6.35. The van der Waals surface area contributed by atoms with Crippen LogP contribution in [0.1, 0.15) is 62.7 Å². The minimum absolute atomic E-state index is 0.343. The molecule has 1 saturated carbocycles. The van der Waals surface area contributed by atoms with Gasteiger partial charge in [0.1, 0.15) is 12.6 Å². The third-order valence-electron chi connectivity index (χ3n) is 3.98. The largest absolute Gasteiger partial charge is 0.382 e. The van der Waals surface area contributed by atoms with E-state index in [2.05, 4.69) is 43.4 Å². The maximum atomic E-state index is 10.1. The molecule has 18 heavy (non-hydrogen) atoms. The number of nitrogens with two attached hydrogens (primary N) is 1. The van der Waals surface area contributed by atoms with Gasteiger partial charge in [-0.1, -0.05) is 37.1 Å². The Morgan fingerprint density at radius 2 is 1.78 bits per heavy atom. The Kier molecular flexibility index (Phi) is 4.79. The molecular formula is C16H26NO+. The summed E-state index contributed by atoms with van der Waals surface area (Å²) < 4.78 is 0. The molecule has 0 bridgehead atoms. The van der Waals surface area contributed by atoms with Crippen LogP contribution in [0.15, 0.2) is 24.3 Å². The van der Waals surface area contributed by atoms with Crippen LogP contribution in [-0.4, -0.2) is 17.7 Å². The SMILES string of the molecule is CC(C)[NH2+]C[C@@H](O)c1ccc(C2CCCC2)cc1. The second-order valence-electron chi connectivity index (χ2n) is 5.88. The summed E-state index contributed by atoms with van der Waals surface area (Å²) >= 11 is 0. The lowest BCUT2D eigenvalue weighted by atomic mass is 9.96. The molecule has 0 aromatic heterocycles. The van der Waals surface area contributed by atoms with E-state index in [4.69, 9.17) is 0 Å². The van der Waals surface area contributed by atoms with Gasteiger partial charge in [-0.3, -0.25) is 0 Å². The van der Waals surface area contributed by atoms with Crippen molar-refractivity contribution in [1.29, 1.82) is 0 Å². The van der Waals surface area contributed by atoms with E-state index < -0.39 is 0 Å². The van der Waals surface area contributed by atoms with Gasteiger partial charge in [-0.05, 0) is 43.7 Å². The van der Waals surface area contributed by atoms with Gasteiger partial charge in [0.25, 0.3) is 0 Å². The van der Waals surface area contributed by atoms with Crippen LogP contribution in [0.25, 0.3) is 0 Å². The molecule has 1 atom stereocenters. The van der Waals surface area contributed by atoms with Crippen LogP contribution >= 0.6 is 0 Å². The van der Waals surface area contributed by atoms with Crippen LogP contribution in [0.3, 0.4) is 0 Å². The Balaban J connectivity index is 1.93. The first-order valence-corrected chi connectivity index (χ1v) is 7.28. The van der Waals surface area contributed by atoms with Crippen molar-refractivity contribution in [1.82, 2.24) is 0 Å². The zero-order chi connectivity index (χ0) is 13.0. The fourth-order valence-electron chi connectivity index (χ4n) is 2.79. The van der Waals surface area contributed by atoms with Gasteiger partial charge >= 0.3 is 0 Å². The molecular weight excluding hydrogens is 222 g/mol. The van der Waals surface area contributed by atoms with Crippen LogP contribution in [-0.2, 0) is 0 Å². The van der Waals surface area contributed by atoms with Gasteiger partial charge in [0.15, 0.2) is 0 Å². The van der Waals surface area contributed by atoms with Gasteiger partial charge in [-0.25, -0.2) is 0 Å². The fourth-order valence-corrected chi connectivity index (χ4v) is 2.79. The Hall–Kier alpha value is -0.860. The molecule has 2 heteroatoms. The topological polar surface area (TPSA) is 36.8 Å². The lowest BCUT2D eigenvalue weighted by Gasteiger charge is -2.14. The van der Waals surface area contributed by atoms with Crippen molar-refractivity contribution in [3.05, 3.63) is 35.4 Å². The van der Waals surface area contributed by atoms with Crippen molar-refractivity contribution in [2.75, 3.05) is 6.54 Å². The molecule has 1 aliphatic rings. The van der Waals surface area contributed by atoms with E-state index in [0.29, 0.717) is 6.04 Å². The zero-order valence-electron chi connectivity index (χ0n) is 11.6. The minimum atomic E-state index is -0.343. The summed E-state index contributed by atoms with van der Waals surface area (Å²) in [5.74, 6) is 0.762. The molecule has 0 spiro atoms. The predicted octanol–water partition coefficient (Wildman–Crippen LogP) is 2.35. The first kappa shape index (κ1) is 13.6. The van der Waals surface area contributed by atoms with E-state index >= 15 is 0 Å². The number of benzene rings is 1. The van der Waals surface area contributed by atoms with Crippen molar-refractivity contribution >= 4 is 0 Å². The van der Waals surface area contributed by atoms with Gasteiger partial charge in [0.2, 0.25) is 0 Å². The highest BCUT2D eigenvalue weighted by Gasteiger charge is 2.17. The summed E-state index contributed by atoms with van der Waals surface area (Å²) in [5.41, 5.74) is 2.50. The predicted molar refractivity (Wildman–Crippen MR) is 74.5 cm³/mol. The van der Waals surface area contributed by atoms with Crippen LogP contribution in [0.2, 0.25) is 0 Å². The number of aliphatic hydroxyl groups excluding tert-OH is 1. The van der Waals surface area contributed by atoms with E-state index in [1.165, 1.54) is 31.2 Å². The highest BCUT2D eigenvalue weighted by atomic mass is 16.3. The zero-order valence-corrected chi connectivity index (χ0v) is 11.6. The maximum absolute atomic E-state index is 10.1. The molecule has 0 saturated heterocycles. The third-order valence-corrected chi connectivity index (χ3v) is 3.98. The molecule has 1 fully saturated rings. The molecule has 1 aromatic rings. The summed E-state index contributed by atoms with van der Waals surface area (Å²) in [7, 11) is 0. The Bertz CT molecular complexity index is 352. The molecule has 1 aromatic carbocycles. The fraction of sp³-hybridized carbons (Fsp3) is 0.625. The first-order valence-electron chi connectivity index (χ1n) is 7.28. The van der Waals surface area contributed by atoms with Crippen molar-refractivity contribution in [2.24, 2.45) is 0 Å². The Morgan fingerprint density at radius 1 is 1.17 bits per heavy atom. The first-order chi connectivity index (χ1) is 8.66. The van der Waals surface area contributed by atoms with Crippen molar-refractivity contribution < 1.29 is 10.4 Å². The highest BCUT2D eigenvalue weighted by molar-refractivity contribution is 5.27. The summed E-state index contributed by atoms with van der Waals surface area (Å²) in [5, 5.41) is 12.3. The standard InChI is InChI=1S/C16H25NO/c1-12(2)17-11-16(18)15-9-7-14(8-10-15)13-5-3-4-6-13/h7-10,12-13,16-18H,3-6,11H2,1-2H3/p+1/t16-/m1/s1. The molecule has 0 radical (unpaired) electrons.